The van der Waals surface area contributed by atoms with E-state index in [0.29, 0.717) is 19.8 Å². The number of aromatic nitrogens is 2. The number of ether oxygens (including phenoxy) is 1. The van der Waals surface area contributed by atoms with Gasteiger partial charge in [0.25, 0.3) is 0 Å². The van der Waals surface area contributed by atoms with Crippen LogP contribution in [0.5, 0.6) is 0 Å². The average molecular weight is 251 g/mol. The molecule has 0 saturated carbocycles. The molecular formula is C13H21N3O2. The summed E-state index contributed by atoms with van der Waals surface area (Å²) in [5, 5.41) is 7.35. The number of rotatable bonds is 4. The van der Waals surface area contributed by atoms with Crippen LogP contribution in [0, 0.1) is 12.8 Å². The minimum atomic E-state index is 0.129. The number of nitrogens with zero attached hydrogens (tertiary/aromatic N) is 2. The van der Waals surface area contributed by atoms with Crippen molar-refractivity contribution in [3.8, 4) is 0 Å². The molecule has 0 aliphatic carbocycles. The van der Waals surface area contributed by atoms with Crippen LogP contribution in [0.3, 0.4) is 0 Å². The quantitative estimate of drug-likeness (QED) is 0.861. The Balaban J connectivity index is 1.72. The molecule has 1 fully saturated rings. The molecule has 5 nitrogen and oxygen atoms in total. The average Bonchev–Trinajstić information content (AvgIpc) is 2.69. The third kappa shape index (κ3) is 3.32. The van der Waals surface area contributed by atoms with Gasteiger partial charge in [-0.3, -0.25) is 9.48 Å². The van der Waals surface area contributed by atoms with Gasteiger partial charge in [0.2, 0.25) is 5.91 Å². The summed E-state index contributed by atoms with van der Waals surface area (Å²) in [5.41, 5.74) is 2.17. The van der Waals surface area contributed by atoms with E-state index in [1.54, 1.807) is 0 Å². The molecule has 0 atom stereocenters. The van der Waals surface area contributed by atoms with Crippen molar-refractivity contribution in [1.82, 2.24) is 15.1 Å². The number of carbonyl (C=O) groups excluding carboxylic acids is 1. The van der Waals surface area contributed by atoms with Crippen LogP contribution in [0.15, 0.2) is 6.07 Å². The maximum atomic E-state index is 11.9. The largest absolute Gasteiger partial charge is 0.381 e. The van der Waals surface area contributed by atoms with Crippen LogP contribution in [0.1, 0.15) is 24.2 Å². The standard InChI is InChI=1S/C13H21N3O2/c1-10-9-12(15-16(10)2)3-6-14-13(17)11-4-7-18-8-5-11/h9,11H,3-8H2,1-2H3,(H,14,17). The molecule has 1 N–H and O–H groups in total. The van der Waals surface area contributed by atoms with Gasteiger partial charge in [-0.05, 0) is 25.8 Å². The molecule has 0 unspecified atom stereocenters. The third-order valence-corrected chi connectivity index (χ3v) is 3.44. The van der Waals surface area contributed by atoms with Crippen molar-refractivity contribution in [2.75, 3.05) is 19.8 Å². The smallest absolute Gasteiger partial charge is 0.223 e. The van der Waals surface area contributed by atoms with Gasteiger partial charge in [-0.1, -0.05) is 0 Å². The first-order chi connectivity index (χ1) is 8.66. The molecule has 1 aromatic heterocycles. The number of hydrogen-bond donors (Lipinski definition) is 1. The van der Waals surface area contributed by atoms with Gasteiger partial charge in [0.05, 0.1) is 5.69 Å². The Hall–Kier alpha value is -1.36. The van der Waals surface area contributed by atoms with E-state index in [-0.39, 0.29) is 11.8 Å². The Bertz CT molecular complexity index is 389. The summed E-state index contributed by atoms with van der Waals surface area (Å²) in [6, 6.07) is 2.06. The van der Waals surface area contributed by atoms with Crippen LogP contribution in [0.2, 0.25) is 0 Å². The van der Waals surface area contributed by atoms with E-state index in [0.717, 1.165) is 30.7 Å². The second-order valence-corrected chi connectivity index (χ2v) is 4.83. The Labute approximate surface area is 108 Å². The van der Waals surface area contributed by atoms with Gasteiger partial charge in [0.1, 0.15) is 0 Å². The summed E-state index contributed by atoms with van der Waals surface area (Å²) < 4.78 is 7.10. The molecule has 0 radical (unpaired) electrons. The highest BCUT2D eigenvalue weighted by Crippen LogP contribution is 2.14. The lowest BCUT2D eigenvalue weighted by molar-refractivity contribution is -0.127. The molecule has 18 heavy (non-hydrogen) atoms. The maximum Gasteiger partial charge on any atom is 0.223 e. The van der Waals surface area contributed by atoms with Crippen molar-refractivity contribution in [3.63, 3.8) is 0 Å². The fraction of sp³-hybridized carbons (Fsp3) is 0.692. The summed E-state index contributed by atoms with van der Waals surface area (Å²) in [7, 11) is 1.93. The van der Waals surface area contributed by atoms with E-state index in [4.69, 9.17) is 4.74 Å². The summed E-state index contributed by atoms with van der Waals surface area (Å²) in [6.45, 7) is 4.10. The summed E-state index contributed by atoms with van der Waals surface area (Å²) in [6.07, 6.45) is 2.47. The normalized spacial score (nSPS) is 16.8. The van der Waals surface area contributed by atoms with Gasteiger partial charge in [-0.25, -0.2) is 0 Å². The highest BCUT2D eigenvalue weighted by Gasteiger charge is 2.20. The lowest BCUT2D eigenvalue weighted by atomic mass is 9.99. The molecule has 2 rings (SSSR count). The molecule has 1 amide bonds. The summed E-state index contributed by atoms with van der Waals surface area (Å²) in [4.78, 5) is 11.9. The molecule has 5 heteroatoms. The SMILES string of the molecule is Cc1cc(CCNC(=O)C2CCOCC2)nn1C. The molecular weight excluding hydrogens is 230 g/mol. The predicted octanol–water partition coefficient (Wildman–Crippen LogP) is 0.814. The summed E-state index contributed by atoms with van der Waals surface area (Å²) >= 11 is 0. The second kappa shape index (κ2) is 6.00. The van der Waals surface area contributed by atoms with Crippen LogP contribution in [0.25, 0.3) is 0 Å². The van der Waals surface area contributed by atoms with Crippen molar-refractivity contribution in [2.24, 2.45) is 13.0 Å². The Kier molecular flexibility index (Phi) is 4.36. The van der Waals surface area contributed by atoms with Crippen molar-refractivity contribution < 1.29 is 9.53 Å². The first-order valence-electron chi connectivity index (χ1n) is 6.52. The zero-order valence-corrected chi connectivity index (χ0v) is 11.1. The van der Waals surface area contributed by atoms with Crippen LogP contribution in [-0.2, 0) is 23.0 Å². The molecule has 0 spiro atoms. The zero-order valence-electron chi connectivity index (χ0n) is 11.1. The lowest BCUT2D eigenvalue weighted by Gasteiger charge is -2.21. The topological polar surface area (TPSA) is 56.1 Å². The third-order valence-electron chi connectivity index (χ3n) is 3.44. The van der Waals surface area contributed by atoms with Gasteiger partial charge in [-0.2, -0.15) is 5.10 Å². The van der Waals surface area contributed by atoms with E-state index >= 15 is 0 Å². The van der Waals surface area contributed by atoms with Crippen molar-refractivity contribution in [2.45, 2.75) is 26.2 Å². The lowest BCUT2D eigenvalue weighted by Crippen LogP contribution is -2.35. The molecule has 0 bridgehead atoms. The zero-order chi connectivity index (χ0) is 13.0. The van der Waals surface area contributed by atoms with Gasteiger partial charge >= 0.3 is 0 Å². The van der Waals surface area contributed by atoms with Crippen LogP contribution in [0.4, 0.5) is 0 Å². The first-order valence-corrected chi connectivity index (χ1v) is 6.52. The van der Waals surface area contributed by atoms with Crippen molar-refractivity contribution >= 4 is 5.91 Å². The number of hydrogen-bond acceptors (Lipinski definition) is 3. The van der Waals surface area contributed by atoms with Gasteiger partial charge in [-0.15, -0.1) is 0 Å². The summed E-state index contributed by atoms with van der Waals surface area (Å²) in [5.74, 6) is 0.287. The van der Waals surface area contributed by atoms with Gasteiger partial charge in [0.15, 0.2) is 0 Å². The Morgan fingerprint density at radius 1 is 1.56 bits per heavy atom. The van der Waals surface area contributed by atoms with Crippen LogP contribution < -0.4 is 5.32 Å². The predicted molar refractivity (Wildman–Crippen MR) is 68.2 cm³/mol. The van der Waals surface area contributed by atoms with E-state index in [2.05, 4.69) is 16.5 Å². The molecule has 1 aliphatic rings. The highest BCUT2D eigenvalue weighted by molar-refractivity contribution is 5.78. The number of nitrogens with one attached hydrogen (secondary N) is 1. The molecule has 0 aromatic carbocycles. The fourth-order valence-electron chi connectivity index (χ4n) is 2.17. The maximum absolute atomic E-state index is 11.9. The van der Waals surface area contributed by atoms with Crippen LogP contribution in [-0.4, -0.2) is 35.4 Å². The Morgan fingerprint density at radius 2 is 2.28 bits per heavy atom. The number of amides is 1. The van der Waals surface area contributed by atoms with E-state index < -0.39 is 0 Å². The van der Waals surface area contributed by atoms with E-state index in [1.807, 2.05) is 18.7 Å². The molecule has 100 valence electrons. The first kappa shape index (κ1) is 13.1. The molecule has 1 saturated heterocycles. The van der Waals surface area contributed by atoms with Crippen LogP contribution >= 0.6 is 0 Å². The number of carbonyl (C=O) groups is 1. The van der Waals surface area contributed by atoms with E-state index in [1.165, 1.54) is 0 Å². The monoisotopic (exact) mass is 251 g/mol. The van der Waals surface area contributed by atoms with Crippen molar-refractivity contribution in [1.29, 1.82) is 0 Å². The Morgan fingerprint density at radius 3 is 2.89 bits per heavy atom. The van der Waals surface area contributed by atoms with Crippen molar-refractivity contribution in [3.05, 3.63) is 17.5 Å². The minimum Gasteiger partial charge on any atom is -0.381 e. The van der Waals surface area contributed by atoms with Gasteiger partial charge in [0, 0.05) is 44.8 Å². The fourth-order valence-corrected chi connectivity index (χ4v) is 2.17. The minimum absolute atomic E-state index is 0.129. The number of aryl methyl sites for hydroxylation is 2. The molecule has 1 aliphatic heterocycles. The molecule has 1 aromatic rings. The second-order valence-electron chi connectivity index (χ2n) is 4.83. The highest BCUT2D eigenvalue weighted by atomic mass is 16.5. The van der Waals surface area contributed by atoms with Gasteiger partial charge < -0.3 is 10.1 Å². The van der Waals surface area contributed by atoms with E-state index in [9.17, 15) is 4.79 Å². The molecule has 2 heterocycles.